The van der Waals surface area contributed by atoms with Gasteiger partial charge in [-0.2, -0.15) is 13.2 Å². The maximum Gasteiger partial charge on any atom is 0.401 e. The fourth-order valence-corrected chi connectivity index (χ4v) is 5.80. The van der Waals surface area contributed by atoms with Crippen LogP contribution in [-0.4, -0.2) is 74.1 Å². The fraction of sp³-hybridized carbons (Fsp3) is 0.448. The number of hydrogen-bond acceptors (Lipinski definition) is 7. The molecule has 1 aliphatic heterocycles. The molecule has 0 radical (unpaired) electrons. The van der Waals surface area contributed by atoms with Crippen molar-refractivity contribution in [3.63, 3.8) is 0 Å². The third kappa shape index (κ3) is 7.96. The van der Waals surface area contributed by atoms with Gasteiger partial charge in [0.25, 0.3) is 5.91 Å². The van der Waals surface area contributed by atoms with E-state index in [0.717, 1.165) is 5.39 Å². The number of ether oxygens (including phenoxy) is 1. The van der Waals surface area contributed by atoms with E-state index in [1.807, 2.05) is 6.07 Å². The predicted molar refractivity (Wildman–Crippen MR) is 149 cm³/mol. The summed E-state index contributed by atoms with van der Waals surface area (Å²) in [6.07, 6.45) is -2.99. The molecule has 2 N–H and O–H groups in total. The lowest BCUT2D eigenvalue weighted by Gasteiger charge is -2.32. The molecule has 0 aliphatic carbocycles. The lowest BCUT2D eigenvalue weighted by atomic mass is 9.98. The van der Waals surface area contributed by atoms with Gasteiger partial charge in [0, 0.05) is 16.6 Å². The number of pyridine rings is 1. The second-order valence-corrected chi connectivity index (χ2v) is 12.6. The van der Waals surface area contributed by atoms with E-state index >= 15 is 0 Å². The number of rotatable bonds is 10. The molecule has 2 heterocycles. The van der Waals surface area contributed by atoms with E-state index in [1.165, 1.54) is 17.0 Å². The minimum Gasteiger partial charge on any atom is -0.477 e. The Kier molecular flexibility index (Phi) is 9.55. The summed E-state index contributed by atoms with van der Waals surface area (Å²) in [6.45, 7) is 3.16. The minimum absolute atomic E-state index is 0.0269. The first-order valence-corrected chi connectivity index (χ1v) is 15.1. The Morgan fingerprint density at radius 3 is 2.44 bits per heavy atom. The summed E-state index contributed by atoms with van der Waals surface area (Å²) in [4.78, 5) is 19.2. The first kappa shape index (κ1) is 30.7. The van der Waals surface area contributed by atoms with E-state index in [0.29, 0.717) is 60.6 Å². The van der Waals surface area contributed by atoms with Crippen molar-refractivity contribution < 1.29 is 36.2 Å². The zero-order valence-corrected chi connectivity index (χ0v) is 23.8. The minimum atomic E-state index is -4.20. The maximum atomic E-state index is 13.1. The fourth-order valence-electron chi connectivity index (χ4n) is 4.92. The van der Waals surface area contributed by atoms with Crippen LogP contribution in [0.3, 0.4) is 0 Å². The van der Waals surface area contributed by atoms with Crippen molar-refractivity contribution in [1.82, 2.24) is 15.2 Å². The first-order valence-electron chi connectivity index (χ1n) is 13.5. The van der Waals surface area contributed by atoms with Crippen molar-refractivity contribution in [2.24, 2.45) is 5.92 Å². The topological polar surface area (TPSA) is 109 Å². The molecule has 1 fully saturated rings. The number of carbonyl (C=O) groups is 1. The van der Waals surface area contributed by atoms with Gasteiger partial charge in [0.1, 0.15) is 0 Å². The van der Waals surface area contributed by atoms with Crippen LogP contribution in [0.4, 0.5) is 13.2 Å². The molecule has 0 unspecified atom stereocenters. The van der Waals surface area contributed by atoms with Crippen molar-refractivity contribution in [3.05, 3.63) is 65.4 Å². The van der Waals surface area contributed by atoms with Gasteiger partial charge in [0.15, 0.2) is 9.84 Å². The van der Waals surface area contributed by atoms with E-state index in [-0.39, 0.29) is 23.2 Å². The molecule has 1 saturated heterocycles. The highest BCUT2D eigenvalue weighted by atomic mass is 32.2. The van der Waals surface area contributed by atoms with Gasteiger partial charge in [-0.05, 0) is 86.1 Å². The third-order valence-corrected chi connectivity index (χ3v) is 9.01. The van der Waals surface area contributed by atoms with Crippen LogP contribution in [0.5, 0.6) is 5.88 Å². The van der Waals surface area contributed by atoms with Gasteiger partial charge in [-0.25, -0.2) is 13.4 Å². The second-order valence-electron chi connectivity index (χ2n) is 10.3. The van der Waals surface area contributed by atoms with Gasteiger partial charge in [-0.1, -0.05) is 19.1 Å². The molecule has 4 rings (SSSR count). The first-order chi connectivity index (χ1) is 19.4. The largest absolute Gasteiger partial charge is 0.477 e. The maximum absolute atomic E-state index is 13.1. The Morgan fingerprint density at radius 2 is 1.83 bits per heavy atom. The van der Waals surface area contributed by atoms with Crippen molar-refractivity contribution in [2.45, 2.75) is 43.8 Å². The quantitative estimate of drug-likeness (QED) is 0.358. The molecular formula is C29H34F3N3O5S. The van der Waals surface area contributed by atoms with Gasteiger partial charge in [-0.15, -0.1) is 0 Å². The van der Waals surface area contributed by atoms with Crippen LogP contribution in [0.25, 0.3) is 10.8 Å². The van der Waals surface area contributed by atoms with Crippen LogP contribution in [0, 0.1) is 12.8 Å². The number of sulfone groups is 1. The Morgan fingerprint density at radius 1 is 1.15 bits per heavy atom. The molecular weight excluding hydrogens is 559 g/mol. The van der Waals surface area contributed by atoms with Gasteiger partial charge < -0.3 is 15.2 Å². The number of nitrogens with one attached hydrogen (secondary N) is 1. The number of likely N-dealkylation sites (tertiary alicyclic amines) is 1. The van der Waals surface area contributed by atoms with Crippen molar-refractivity contribution in [3.8, 4) is 5.88 Å². The average molecular weight is 594 g/mol. The normalized spacial score (nSPS) is 16.0. The molecule has 0 spiro atoms. The predicted octanol–water partition coefficient (Wildman–Crippen LogP) is 4.45. The number of fused-ring (bicyclic) bond motifs is 1. The zero-order chi connectivity index (χ0) is 29.8. The Labute approximate surface area is 237 Å². The number of amides is 1. The number of alkyl halides is 3. The highest BCUT2D eigenvalue weighted by molar-refractivity contribution is 7.91. The number of piperidine rings is 1. The molecule has 2 aromatic carbocycles. The molecule has 8 nitrogen and oxygen atoms in total. The molecule has 12 heteroatoms. The number of hydrogen-bond donors (Lipinski definition) is 2. The summed E-state index contributed by atoms with van der Waals surface area (Å²) >= 11 is 0. The van der Waals surface area contributed by atoms with Gasteiger partial charge in [0.05, 0.1) is 36.4 Å². The van der Waals surface area contributed by atoms with Crippen LogP contribution in [0.15, 0.2) is 53.4 Å². The lowest BCUT2D eigenvalue weighted by Crippen LogP contribution is -2.41. The molecule has 0 saturated carbocycles. The molecule has 222 valence electrons. The number of aryl methyl sites for hydroxylation is 1. The summed E-state index contributed by atoms with van der Waals surface area (Å²) in [5.74, 6) is 0.0771. The average Bonchev–Trinajstić information content (AvgIpc) is 2.94. The van der Waals surface area contributed by atoms with Crippen molar-refractivity contribution >= 4 is 26.5 Å². The number of carbonyl (C=O) groups excluding carboxylic acids is 1. The zero-order valence-electron chi connectivity index (χ0n) is 22.9. The molecule has 41 heavy (non-hydrogen) atoms. The smallest absolute Gasteiger partial charge is 0.401 e. The second kappa shape index (κ2) is 12.7. The van der Waals surface area contributed by atoms with E-state index in [2.05, 4.69) is 10.3 Å². The highest BCUT2D eigenvalue weighted by Crippen LogP contribution is 2.28. The number of aliphatic hydroxyl groups is 1. The Balaban J connectivity index is 1.42. The van der Waals surface area contributed by atoms with Crippen LogP contribution in [-0.2, 0) is 9.84 Å². The monoisotopic (exact) mass is 593 g/mol. The highest BCUT2D eigenvalue weighted by Gasteiger charge is 2.32. The number of halogens is 3. The molecule has 1 aromatic heterocycles. The Hall–Kier alpha value is -3.22. The number of benzene rings is 2. The molecule has 1 atom stereocenters. The van der Waals surface area contributed by atoms with E-state index in [1.54, 1.807) is 44.2 Å². The van der Waals surface area contributed by atoms with Crippen molar-refractivity contribution in [1.29, 1.82) is 0 Å². The SMILES string of the molecule is CCS(=O)(=O)c1ccc([C@H](CO)NC(=O)c2ccc3c(OCC4CCN(CC(F)(F)F)CC4)nc(C)cc3c2)cc1. The summed E-state index contributed by atoms with van der Waals surface area (Å²) in [7, 11) is -3.36. The van der Waals surface area contributed by atoms with Gasteiger partial charge >= 0.3 is 6.18 Å². The summed E-state index contributed by atoms with van der Waals surface area (Å²) < 4.78 is 68.2. The lowest BCUT2D eigenvalue weighted by molar-refractivity contribution is -0.148. The molecule has 0 bridgehead atoms. The standard InChI is InChI=1S/C29H34F3N3O5S/c1-3-41(38,39)24-7-4-21(5-8-24)26(16-36)34-27(37)22-6-9-25-23(15-22)14-19(2)33-28(25)40-17-20-10-12-35(13-11-20)18-29(30,31)32/h4-9,14-15,20,26,36H,3,10-13,16-18H2,1-2H3,(H,34,37)/t26-/m0/s1. The van der Waals surface area contributed by atoms with Crippen LogP contribution in [0.2, 0.25) is 0 Å². The third-order valence-electron chi connectivity index (χ3n) is 7.26. The number of aromatic nitrogens is 1. The van der Waals surface area contributed by atoms with Gasteiger partial charge in [-0.3, -0.25) is 9.69 Å². The molecule has 3 aromatic rings. The van der Waals surface area contributed by atoms with Crippen LogP contribution < -0.4 is 10.1 Å². The van der Waals surface area contributed by atoms with Crippen LogP contribution >= 0.6 is 0 Å². The van der Waals surface area contributed by atoms with Crippen LogP contribution in [0.1, 0.15) is 47.4 Å². The summed E-state index contributed by atoms with van der Waals surface area (Å²) in [5, 5.41) is 14.1. The van der Waals surface area contributed by atoms with E-state index in [4.69, 9.17) is 4.74 Å². The summed E-state index contributed by atoms with van der Waals surface area (Å²) in [5.41, 5.74) is 1.60. The van der Waals surface area contributed by atoms with E-state index < -0.39 is 34.5 Å². The molecule has 1 amide bonds. The summed E-state index contributed by atoms with van der Waals surface area (Å²) in [6, 6.07) is 12.2. The number of aliphatic hydroxyl groups excluding tert-OH is 1. The number of nitrogens with zero attached hydrogens (tertiary/aromatic N) is 2. The van der Waals surface area contributed by atoms with E-state index in [9.17, 15) is 31.5 Å². The Bertz CT molecular complexity index is 1470. The van der Waals surface area contributed by atoms with Crippen molar-refractivity contribution in [2.75, 3.05) is 38.6 Å². The van der Waals surface area contributed by atoms with Gasteiger partial charge in [0.2, 0.25) is 5.88 Å². The molecule has 1 aliphatic rings.